The van der Waals surface area contributed by atoms with E-state index in [1.165, 1.54) is 30.5 Å². The second kappa shape index (κ2) is 9.03. The summed E-state index contributed by atoms with van der Waals surface area (Å²) in [6.07, 6.45) is -3.33. The monoisotopic (exact) mass is 472 g/mol. The maximum atomic E-state index is 13.2. The van der Waals surface area contributed by atoms with Crippen LogP contribution in [0.1, 0.15) is 11.3 Å². The van der Waals surface area contributed by atoms with E-state index in [9.17, 15) is 26.4 Å². The number of carbonyl (C=O) groups excluding carboxylic acids is 1. The second-order valence-corrected chi connectivity index (χ2v) is 8.61. The van der Waals surface area contributed by atoms with Gasteiger partial charge in [0.2, 0.25) is 5.91 Å². The van der Waals surface area contributed by atoms with Crippen molar-refractivity contribution < 1.29 is 30.8 Å². The van der Waals surface area contributed by atoms with E-state index in [4.69, 9.17) is 16.0 Å². The number of alkyl halides is 3. The average Bonchev–Trinajstić information content (AvgIpc) is 3.24. The summed E-state index contributed by atoms with van der Waals surface area (Å²) in [4.78, 5) is 12.3. The normalized spacial score (nSPS) is 11.9. The lowest BCUT2D eigenvalue weighted by Crippen LogP contribution is -2.41. The molecule has 0 radical (unpaired) electrons. The summed E-state index contributed by atoms with van der Waals surface area (Å²) in [6, 6.07) is 12.5. The first kappa shape index (κ1) is 22.7. The second-order valence-electron chi connectivity index (χ2n) is 6.34. The molecular weight excluding hydrogens is 457 g/mol. The summed E-state index contributed by atoms with van der Waals surface area (Å²) in [7, 11) is -4.41. The Morgan fingerprint density at radius 3 is 2.39 bits per heavy atom. The van der Waals surface area contributed by atoms with Gasteiger partial charge in [0.1, 0.15) is 12.3 Å². The van der Waals surface area contributed by atoms with E-state index in [0.29, 0.717) is 16.1 Å². The summed E-state index contributed by atoms with van der Waals surface area (Å²) < 4.78 is 71.7. The molecule has 1 aromatic heterocycles. The molecule has 11 heteroatoms. The third-order valence-electron chi connectivity index (χ3n) is 4.20. The quantitative estimate of drug-likeness (QED) is 0.550. The van der Waals surface area contributed by atoms with E-state index < -0.39 is 39.9 Å². The summed E-state index contributed by atoms with van der Waals surface area (Å²) in [5.74, 6) is -0.340. The number of hydrogen-bond acceptors (Lipinski definition) is 4. The molecule has 0 fully saturated rings. The van der Waals surface area contributed by atoms with Crippen LogP contribution in [0.15, 0.2) is 76.2 Å². The zero-order valence-corrected chi connectivity index (χ0v) is 17.3. The number of amides is 1. The predicted octanol–water partition coefficient (Wildman–Crippen LogP) is 4.46. The first-order valence-electron chi connectivity index (χ1n) is 8.82. The molecule has 0 spiro atoms. The highest BCUT2D eigenvalue weighted by molar-refractivity contribution is 7.92. The molecule has 0 atom stereocenters. The Balaban J connectivity index is 2.00. The zero-order valence-electron chi connectivity index (χ0n) is 15.8. The minimum atomic E-state index is -4.73. The number of hydrogen-bond donors (Lipinski definition) is 1. The Morgan fingerprint density at radius 1 is 1.06 bits per heavy atom. The third kappa shape index (κ3) is 5.39. The van der Waals surface area contributed by atoms with Gasteiger partial charge in [-0.2, -0.15) is 13.2 Å². The van der Waals surface area contributed by atoms with Crippen molar-refractivity contribution in [2.45, 2.75) is 17.6 Å². The molecule has 3 aromatic rings. The summed E-state index contributed by atoms with van der Waals surface area (Å²) in [5.41, 5.74) is -1.57. The SMILES string of the molecule is O=C(CN(c1cc(C(F)(F)F)ccc1Cl)S(=O)(=O)c1ccccc1)NCc1ccco1. The molecule has 1 N–H and O–H groups in total. The Kier molecular flexibility index (Phi) is 6.61. The van der Waals surface area contributed by atoms with Gasteiger partial charge in [0.15, 0.2) is 0 Å². The Labute approximate surface area is 181 Å². The van der Waals surface area contributed by atoms with Gasteiger partial charge in [-0.05, 0) is 42.5 Å². The largest absolute Gasteiger partial charge is 0.467 e. The number of anilines is 1. The van der Waals surface area contributed by atoms with Gasteiger partial charge in [0, 0.05) is 0 Å². The van der Waals surface area contributed by atoms with Gasteiger partial charge < -0.3 is 9.73 Å². The molecule has 0 unspecified atom stereocenters. The third-order valence-corrected chi connectivity index (χ3v) is 6.29. The van der Waals surface area contributed by atoms with Crippen LogP contribution in [0.3, 0.4) is 0 Å². The van der Waals surface area contributed by atoms with Gasteiger partial charge in [0.25, 0.3) is 10.0 Å². The van der Waals surface area contributed by atoms with E-state index >= 15 is 0 Å². The van der Waals surface area contributed by atoms with Crippen molar-refractivity contribution in [2.24, 2.45) is 0 Å². The number of carbonyl (C=O) groups is 1. The van der Waals surface area contributed by atoms with Gasteiger partial charge >= 0.3 is 6.18 Å². The van der Waals surface area contributed by atoms with Crippen molar-refractivity contribution >= 4 is 33.2 Å². The molecule has 0 bridgehead atoms. The fourth-order valence-corrected chi connectivity index (χ4v) is 4.41. The number of halogens is 4. The van der Waals surface area contributed by atoms with Crippen molar-refractivity contribution in [3.05, 3.63) is 83.3 Å². The summed E-state index contributed by atoms with van der Waals surface area (Å²) in [5, 5.41) is 2.21. The topological polar surface area (TPSA) is 79.6 Å². The average molecular weight is 473 g/mol. The first-order valence-corrected chi connectivity index (χ1v) is 10.6. The van der Waals surface area contributed by atoms with Crippen molar-refractivity contribution in [2.75, 3.05) is 10.8 Å². The number of sulfonamides is 1. The van der Waals surface area contributed by atoms with Gasteiger partial charge in [-0.1, -0.05) is 29.8 Å². The molecule has 0 aliphatic heterocycles. The molecule has 0 saturated carbocycles. The summed E-state index contributed by atoms with van der Waals surface area (Å²) >= 11 is 6.06. The molecule has 6 nitrogen and oxygen atoms in total. The Bertz CT molecular complexity index is 1150. The van der Waals surface area contributed by atoms with Crippen LogP contribution in [0.5, 0.6) is 0 Å². The van der Waals surface area contributed by atoms with Crippen molar-refractivity contribution in [1.82, 2.24) is 5.32 Å². The smallest absolute Gasteiger partial charge is 0.416 e. The van der Waals surface area contributed by atoms with E-state index in [0.717, 1.165) is 12.1 Å². The predicted molar refractivity (Wildman–Crippen MR) is 108 cm³/mol. The molecule has 0 aliphatic carbocycles. The summed E-state index contributed by atoms with van der Waals surface area (Å²) in [6.45, 7) is -0.819. The lowest BCUT2D eigenvalue weighted by atomic mass is 10.2. The molecule has 3 rings (SSSR count). The van der Waals surface area contributed by atoms with Gasteiger partial charge in [0.05, 0.1) is 34.0 Å². The van der Waals surface area contributed by atoms with Crippen LogP contribution in [-0.2, 0) is 27.5 Å². The first-order chi connectivity index (χ1) is 14.6. The van der Waals surface area contributed by atoms with E-state index in [1.54, 1.807) is 18.2 Å². The van der Waals surface area contributed by atoms with Crippen LogP contribution < -0.4 is 9.62 Å². The van der Waals surface area contributed by atoms with Crippen LogP contribution in [0.2, 0.25) is 5.02 Å². The van der Waals surface area contributed by atoms with Crippen LogP contribution in [-0.4, -0.2) is 20.9 Å². The molecule has 31 heavy (non-hydrogen) atoms. The van der Waals surface area contributed by atoms with Crippen LogP contribution in [0.25, 0.3) is 0 Å². The molecule has 2 aromatic carbocycles. The Hall–Kier alpha value is -2.98. The van der Waals surface area contributed by atoms with Gasteiger partial charge in [-0.15, -0.1) is 0 Å². The molecule has 1 amide bonds. The maximum Gasteiger partial charge on any atom is 0.416 e. The fraction of sp³-hybridized carbons (Fsp3) is 0.150. The van der Waals surface area contributed by atoms with Crippen molar-refractivity contribution in [3.63, 3.8) is 0 Å². The molecule has 164 valence electrons. The Morgan fingerprint density at radius 2 is 1.77 bits per heavy atom. The van der Waals surface area contributed by atoms with Crippen LogP contribution in [0.4, 0.5) is 18.9 Å². The molecule has 0 saturated heterocycles. The van der Waals surface area contributed by atoms with E-state index in [-0.39, 0.29) is 16.5 Å². The van der Waals surface area contributed by atoms with E-state index in [1.807, 2.05) is 0 Å². The number of furan rings is 1. The van der Waals surface area contributed by atoms with Gasteiger partial charge in [-0.3, -0.25) is 9.10 Å². The van der Waals surface area contributed by atoms with Crippen molar-refractivity contribution in [1.29, 1.82) is 0 Å². The maximum absolute atomic E-state index is 13.2. The molecule has 1 heterocycles. The lowest BCUT2D eigenvalue weighted by molar-refractivity contribution is -0.137. The minimum Gasteiger partial charge on any atom is -0.467 e. The van der Waals surface area contributed by atoms with Crippen molar-refractivity contribution in [3.8, 4) is 0 Å². The van der Waals surface area contributed by atoms with Crippen LogP contribution >= 0.6 is 11.6 Å². The number of rotatable bonds is 7. The lowest BCUT2D eigenvalue weighted by Gasteiger charge is -2.25. The fourth-order valence-electron chi connectivity index (χ4n) is 2.68. The highest BCUT2D eigenvalue weighted by Gasteiger charge is 2.34. The number of nitrogens with zero attached hydrogens (tertiary/aromatic N) is 1. The van der Waals surface area contributed by atoms with E-state index in [2.05, 4.69) is 5.32 Å². The minimum absolute atomic E-state index is 0.0264. The standard InChI is InChI=1S/C20H16ClF3N2O4S/c21-17-9-8-14(20(22,23)24)11-18(17)26(31(28,29)16-6-2-1-3-7-16)13-19(27)25-12-15-5-4-10-30-15/h1-11H,12-13H2,(H,25,27). The number of nitrogens with one attached hydrogen (secondary N) is 1. The highest BCUT2D eigenvalue weighted by Crippen LogP contribution is 2.37. The van der Waals surface area contributed by atoms with Crippen LogP contribution in [0, 0.1) is 0 Å². The number of benzene rings is 2. The zero-order chi connectivity index (χ0) is 22.6. The molecule has 0 aliphatic rings. The molecular formula is C20H16ClF3N2O4S. The highest BCUT2D eigenvalue weighted by atomic mass is 35.5. The van der Waals surface area contributed by atoms with Gasteiger partial charge in [-0.25, -0.2) is 8.42 Å².